The molecule has 2 unspecified atom stereocenters. The van der Waals surface area contributed by atoms with Gasteiger partial charge in [0.15, 0.2) is 0 Å². The molecule has 0 spiro atoms. The molecule has 2 atom stereocenters. The fourth-order valence-corrected chi connectivity index (χ4v) is 3.85. The lowest BCUT2D eigenvalue weighted by molar-refractivity contribution is -0.144. The van der Waals surface area contributed by atoms with E-state index in [0.717, 1.165) is 16.5 Å². The van der Waals surface area contributed by atoms with Crippen molar-refractivity contribution in [2.45, 2.75) is 25.8 Å². The zero-order chi connectivity index (χ0) is 15.0. The van der Waals surface area contributed by atoms with Crippen molar-refractivity contribution in [1.29, 1.82) is 0 Å². The number of carbonyl (C=O) groups is 2. The first-order chi connectivity index (χ1) is 10.1. The summed E-state index contributed by atoms with van der Waals surface area (Å²) in [6, 6.07) is 7.03. The van der Waals surface area contributed by atoms with Gasteiger partial charge in [-0.25, -0.2) is 4.79 Å². The first-order valence-corrected chi connectivity index (χ1v) is 7.96. The van der Waals surface area contributed by atoms with E-state index in [2.05, 4.69) is 0 Å². The minimum absolute atomic E-state index is 0.160. The van der Waals surface area contributed by atoms with Crippen LogP contribution in [0.15, 0.2) is 29.6 Å². The number of hydrogen-bond donors (Lipinski definition) is 1. The zero-order valence-corrected chi connectivity index (χ0v) is 12.6. The largest absolute Gasteiger partial charge is 0.480 e. The summed E-state index contributed by atoms with van der Waals surface area (Å²) >= 11 is 1.52. The van der Waals surface area contributed by atoms with E-state index < -0.39 is 12.0 Å². The van der Waals surface area contributed by atoms with Crippen molar-refractivity contribution in [3.8, 4) is 0 Å². The predicted octanol–water partition coefficient (Wildman–Crippen LogP) is 3.23. The maximum atomic E-state index is 12.8. The quantitative estimate of drug-likeness (QED) is 0.926. The van der Waals surface area contributed by atoms with Crippen LogP contribution in [0, 0.1) is 5.92 Å². The number of carboxylic acids is 1. The Kier molecular flexibility index (Phi) is 3.68. The highest BCUT2D eigenvalue weighted by Crippen LogP contribution is 2.30. The second-order valence-corrected chi connectivity index (χ2v) is 6.54. The smallest absolute Gasteiger partial charge is 0.326 e. The summed E-state index contributed by atoms with van der Waals surface area (Å²) in [6.07, 6.45) is 1.39. The number of hydrogen-bond acceptors (Lipinski definition) is 3. The van der Waals surface area contributed by atoms with Crippen LogP contribution < -0.4 is 0 Å². The molecule has 1 saturated heterocycles. The van der Waals surface area contributed by atoms with Crippen LogP contribution in [0.4, 0.5) is 0 Å². The molecule has 0 aliphatic carbocycles. The van der Waals surface area contributed by atoms with Crippen LogP contribution in [-0.4, -0.2) is 34.5 Å². The van der Waals surface area contributed by atoms with Gasteiger partial charge >= 0.3 is 5.97 Å². The van der Waals surface area contributed by atoms with E-state index in [1.54, 1.807) is 0 Å². The van der Waals surface area contributed by atoms with Crippen molar-refractivity contribution in [3.05, 3.63) is 35.2 Å². The molecule has 1 aliphatic rings. The number of piperidine rings is 1. The number of carbonyl (C=O) groups excluding carboxylic acids is 1. The summed E-state index contributed by atoms with van der Waals surface area (Å²) in [5.41, 5.74) is 0.622. The summed E-state index contributed by atoms with van der Waals surface area (Å²) in [6.45, 7) is 2.55. The Morgan fingerprint density at radius 3 is 2.86 bits per heavy atom. The molecule has 1 N–H and O–H groups in total. The van der Waals surface area contributed by atoms with Gasteiger partial charge in [0.2, 0.25) is 0 Å². The first kappa shape index (κ1) is 14.1. The number of likely N-dealkylation sites (tertiary alicyclic amines) is 1. The van der Waals surface area contributed by atoms with Gasteiger partial charge in [-0.2, -0.15) is 0 Å². The molecule has 21 heavy (non-hydrogen) atoms. The highest BCUT2D eigenvalue weighted by molar-refractivity contribution is 7.17. The maximum Gasteiger partial charge on any atom is 0.326 e. The van der Waals surface area contributed by atoms with Crippen LogP contribution in [0.1, 0.15) is 30.1 Å². The first-order valence-electron chi connectivity index (χ1n) is 7.08. The van der Waals surface area contributed by atoms with Crippen molar-refractivity contribution < 1.29 is 14.7 Å². The van der Waals surface area contributed by atoms with Crippen LogP contribution in [-0.2, 0) is 4.79 Å². The number of rotatable bonds is 2. The molecule has 0 radical (unpaired) electrons. The third-order valence-electron chi connectivity index (χ3n) is 4.12. The molecule has 1 aliphatic heterocycles. The molecule has 2 heterocycles. The van der Waals surface area contributed by atoms with E-state index in [4.69, 9.17) is 0 Å². The molecule has 3 rings (SSSR count). The zero-order valence-electron chi connectivity index (χ0n) is 11.8. The van der Waals surface area contributed by atoms with Crippen molar-refractivity contribution in [1.82, 2.24) is 4.90 Å². The van der Waals surface area contributed by atoms with Crippen molar-refractivity contribution in [2.24, 2.45) is 5.92 Å². The molecule has 0 saturated carbocycles. The molecular weight excluding hydrogens is 286 g/mol. The van der Waals surface area contributed by atoms with Gasteiger partial charge in [0.1, 0.15) is 6.04 Å². The number of nitrogens with zero attached hydrogens (tertiary/aromatic N) is 1. The number of fused-ring (bicyclic) bond motifs is 1. The van der Waals surface area contributed by atoms with Crippen LogP contribution in [0.3, 0.4) is 0 Å². The number of thiophene rings is 1. The fourth-order valence-electron chi connectivity index (χ4n) is 2.92. The third-order valence-corrected chi connectivity index (χ3v) is 5.09. The van der Waals surface area contributed by atoms with Gasteiger partial charge in [-0.1, -0.05) is 25.1 Å². The Labute approximate surface area is 127 Å². The molecular formula is C16H17NO3S. The highest BCUT2D eigenvalue weighted by atomic mass is 32.1. The average Bonchev–Trinajstić information content (AvgIpc) is 2.90. The molecule has 0 bridgehead atoms. The number of aliphatic carboxylic acids is 1. The molecule has 4 nitrogen and oxygen atoms in total. The lowest BCUT2D eigenvalue weighted by Crippen LogP contribution is -2.49. The SMILES string of the molecule is CC1CCN(C(=O)c2csc3ccccc23)C(C(=O)O)C1. The molecule has 110 valence electrons. The lowest BCUT2D eigenvalue weighted by atomic mass is 9.92. The Hall–Kier alpha value is -1.88. The van der Waals surface area contributed by atoms with Gasteiger partial charge in [-0.15, -0.1) is 11.3 Å². The molecule has 2 aromatic rings. The van der Waals surface area contributed by atoms with Gasteiger partial charge < -0.3 is 10.0 Å². The van der Waals surface area contributed by atoms with Crippen LogP contribution in [0.25, 0.3) is 10.1 Å². The third kappa shape index (κ3) is 2.53. The summed E-state index contributed by atoms with van der Waals surface area (Å²) < 4.78 is 1.05. The molecule has 1 fully saturated rings. The van der Waals surface area contributed by atoms with Gasteiger partial charge in [0.05, 0.1) is 5.56 Å². The van der Waals surface area contributed by atoms with E-state index in [1.807, 2.05) is 36.6 Å². The second-order valence-electron chi connectivity index (χ2n) is 5.63. The van der Waals surface area contributed by atoms with Crippen LogP contribution >= 0.6 is 11.3 Å². The standard InChI is InChI=1S/C16H17NO3S/c1-10-6-7-17(13(8-10)16(19)20)15(18)12-9-21-14-5-3-2-4-11(12)14/h2-5,9-10,13H,6-8H2,1H3,(H,19,20). The van der Waals surface area contributed by atoms with Gasteiger partial charge in [-0.3, -0.25) is 4.79 Å². The summed E-state index contributed by atoms with van der Waals surface area (Å²) in [5, 5.41) is 12.1. The summed E-state index contributed by atoms with van der Waals surface area (Å²) in [7, 11) is 0. The number of benzene rings is 1. The van der Waals surface area contributed by atoms with Crippen molar-refractivity contribution >= 4 is 33.3 Å². The van der Waals surface area contributed by atoms with E-state index in [-0.39, 0.29) is 5.91 Å². The minimum Gasteiger partial charge on any atom is -0.480 e. The Morgan fingerprint density at radius 2 is 2.10 bits per heavy atom. The summed E-state index contributed by atoms with van der Waals surface area (Å²) in [5.74, 6) is -0.726. The molecule has 1 amide bonds. The normalized spacial score (nSPS) is 22.4. The Morgan fingerprint density at radius 1 is 1.33 bits per heavy atom. The van der Waals surface area contributed by atoms with E-state index in [1.165, 1.54) is 16.2 Å². The minimum atomic E-state index is -0.908. The Bertz CT molecular complexity index is 694. The number of amides is 1. The molecule has 1 aromatic carbocycles. The summed E-state index contributed by atoms with van der Waals surface area (Å²) in [4.78, 5) is 25.7. The topological polar surface area (TPSA) is 57.6 Å². The van der Waals surface area contributed by atoms with Gasteiger partial charge in [-0.05, 0) is 24.8 Å². The van der Waals surface area contributed by atoms with Crippen molar-refractivity contribution in [3.63, 3.8) is 0 Å². The fraction of sp³-hybridized carbons (Fsp3) is 0.375. The van der Waals surface area contributed by atoms with Gasteiger partial charge in [0.25, 0.3) is 5.91 Å². The number of carboxylic acid groups (broad SMARTS) is 1. The van der Waals surface area contributed by atoms with Crippen molar-refractivity contribution in [2.75, 3.05) is 6.54 Å². The lowest BCUT2D eigenvalue weighted by Gasteiger charge is -2.35. The predicted molar refractivity (Wildman–Crippen MR) is 82.7 cm³/mol. The van der Waals surface area contributed by atoms with Crippen LogP contribution in [0.2, 0.25) is 0 Å². The molecule has 5 heteroatoms. The van der Waals surface area contributed by atoms with Gasteiger partial charge in [0, 0.05) is 22.0 Å². The van der Waals surface area contributed by atoms with E-state index in [9.17, 15) is 14.7 Å². The second kappa shape index (κ2) is 5.48. The highest BCUT2D eigenvalue weighted by Gasteiger charge is 2.35. The van der Waals surface area contributed by atoms with E-state index in [0.29, 0.717) is 24.4 Å². The average molecular weight is 303 g/mol. The Balaban J connectivity index is 1.95. The maximum absolute atomic E-state index is 12.8. The van der Waals surface area contributed by atoms with Crippen LogP contribution in [0.5, 0.6) is 0 Å². The monoisotopic (exact) mass is 303 g/mol. The van der Waals surface area contributed by atoms with E-state index >= 15 is 0 Å². The molecule has 1 aromatic heterocycles.